The summed E-state index contributed by atoms with van der Waals surface area (Å²) in [5.41, 5.74) is -1.34. The van der Waals surface area contributed by atoms with Crippen molar-refractivity contribution in [2.45, 2.75) is 31.3 Å². The molecule has 0 aliphatic carbocycles. The topological polar surface area (TPSA) is 122 Å². The van der Waals surface area contributed by atoms with Gasteiger partial charge in [0, 0.05) is 30.7 Å². The van der Waals surface area contributed by atoms with Gasteiger partial charge in [-0.2, -0.15) is 19.0 Å². The Morgan fingerprint density at radius 1 is 1.20 bits per heavy atom. The summed E-state index contributed by atoms with van der Waals surface area (Å²) in [5, 5.41) is 24.2. The Kier molecular flexibility index (Phi) is 6.89. The van der Waals surface area contributed by atoms with Crippen molar-refractivity contribution in [1.82, 2.24) is 34.7 Å². The lowest BCUT2D eigenvalue weighted by Crippen LogP contribution is -2.50. The number of amides is 1. The number of nitrogens with one attached hydrogen (secondary N) is 2. The van der Waals surface area contributed by atoms with Crippen LogP contribution < -0.4 is 10.6 Å². The number of anilines is 1. The second-order valence-corrected chi connectivity index (χ2v) is 8.37. The molecule has 0 radical (unpaired) electrons. The van der Waals surface area contributed by atoms with Crippen molar-refractivity contribution in [2.24, 2.45) is 0 Å². The van der Waals surface area contributed by atoms with E-state index in [1.54, 1.807) is 6.07 Å². The molecule has 0 bridgehead atoms. The van der Waals surface area contributed by atoms with Gasteiger partial charge in [0.25, 0.3) is 5.91 Å². The molecule has 0 saturated carbocycles. The van der Waals surface area contributed by atoms with E-state index in [1.807, 2.05) is 0 Å². The van der Waals surface area contributed by atoms with Gasteiger partial charge in [0.15, 0.2) is 11.8 Å². The Balaban J connectivity index is 1.62. The molecule has 0 aromatic carbocycles. The van der Waals surface area contributed by atoms with E-state index in [-0.39, 0.29) is 29.0 Å². The number of halogens is 4. The first-order valence-electron chi connectivity index (χ1n) is 10.3. The van der Waals surface area contributed by atoms with Crippen molar-refractivity contribution in [3.05, 3.63) is 71.7 Å². The van der Waals surface area contributed by atoms with E-state index < -0.39 is 30.3 Å². The highest BCUT2D eigenvalue weighted by Gasteiger charge is 2.41. The molecule has 4 aromatic heterocycles. The fraction of sp³-hybridized carbons (Fsp3) is 0.286. The van der Waals surface area contributed by atoms with Crippen molar-refractivity contribution >= 4 is 28.8 Å². The van der Waals surface area contributed by atoms with Crippen molar-refractivity contribution in [1.29, 1.82) is 0 Å². The lowest BCUT2D eigenvalue weighted by molar-refractivity contribution is -0.0242. The van der Waals surface area contributed by atoms with Crippen LogP contribution in [0.15, 0.2) is 55.5 Å². The van der Waals surface area contributed by atoms with Gasteiger partial charge < -0.3 is 15.7 Å². The summed E-state index contributed by atoms with van der Waals surface area (Å²) in [6, 6.07) is 1.66. The molecular formula is C21H20ClF3N8O2. The molecule has 0 unspecified atom stereocenters. The van der Waals surface area contributed by atoms with Gasteiger partial charge in [0.1, 0.15) is 5.60 Å². The van der Waals surface area contributed by atoms with Crippen LogP contribution >= 0.6 is 11.6 Å². The molecule has 0 aliphatic rings. The molecule has 184 valence electrons. The molecule has 0 aliphatic heterocycles. The van der Waals surface area contributed by atoms with Crippen LogP contribution in [0.2, 0.25) is 5.02 Å². The number of aliphatic hydroxyl groups is 1. The molecule has 0 spiro atoms. The zero-order chi connectivity index (χ0) is 25.2. The Hall–Kier alpha value is -3.71. The summed E-state index contributed by atoms with van der Waals surface area (Å²) in [6.07, 6.45) is 6.97. The lowest BCUT2D eigenvalue weighted by atomic mass is 9.90. The van der Waals surface area contributed by atoms with Crippen molar-refractivity contribution in [3.63, 3.8) is 0 Å². The van der Waals surface area contributed by atoms with E-state index in [1.165, 1.54) is 48.5 Å². The summed E-state index contributed by atoms with van der Waals surface area (Å²) >= 11 is 5.95. The van der Waals surface area contributed by atoms with Gasteiger partial charge in [0.2, 0.25) is 0 Å². The number of carbonyl (C=O) groups is 1. The van der Waals surface area contributed by atoms with E-state index >= 15 is 4.39 Å². The standard InChI is InChI=1S/C21H20ClF3N8O2/c1-21(35,11-28-14-7-29-33(10-14)20(24)25)17(23)16(31-19(34)12-3-2-4-26-5-12)15-8-30-32-9-13(22)6-27-18(15)32/h2-10,16-17,20,28,35H,11H2,1H3,(H,31,34)/t16-,17-,21-/m1/s1. The highest BCUT2D eigenvalue weighted by molar-refractivity contribution is 6.30. The predicted octanol–water partition coefficient (Wildman–Crippen LogP) is 3.04. The molecule has 10 nitrogen and oxygen atoms in total. The number of nitrogens with zero attached hydrogens (tertiary/aromatic N) is 6. The number of pyridine rings is 1. The third kappa shape index (κ3) is 5.35. The number of hydrogen-bond donors (Lipinski definition) is 3. The number of aromatic nitrogens is 6. The summed E-state index contributed by atoms with van der Waals surface area (Å²) in [7, 11) is 0. The second-order valence-electron chi connectivity index (χ2n) is 7.93. The Morgan fingerprint density at radius 2 is 2.00 bits per heavy atom. The quantitative estimate of drug-likeness (QED) is 0.317. The van der Waals surface area contributed by atoms with Crippen LogP contribution in [0, 0.1) is 0 Å². The maximum absolute atomic E-state index is 16.0. The zero-order valence-electron chi connectivity index (χ0n) is 18.2. The third-order valence-corrected chi connectivity index (χ3v) is 5.43. The van der Waals surface area contributed by atoms with Crippen molar-refractivity contribution in [3.8, 4) is 0 Å². The first kappa shape index (κ1) is 24.4. The highest BCUT2D eigenvalue weighted by atomic mass is 35.5. The average molecular weight is 509 g/mol. The third-order valence-electron chi connectivity index (χ3n) is 5.24. The van der Waals surface area contributed by atoms with Gasteiger partial charge in [-0.3, -0.25) is 9.78 Å². The molecule has 4 rings (SSSR count). The monoisotopic (exact) mass is 508 g/mol. The van der Waals surface area contributed by atoms with Gasteiger partial charge in [-0.15, -0.1) is 0 Å². The molecule has 3 N–H and O–H groups in total. The summed E-state index contributed by atoms with van der Waals surface area (Å²) < 4.78 is 43.2. The maximum Gasteiger partial charge on any atom is 0.333 e. The zero-order valence-corrected chi connectivity index (χ0v) is 18.9. The van der Waals surface area contributed by atoms with Crippen molar-refractivity contribution in [2.75, 3.05) is 11.9 Å². The molecular weight excluding hydrogens is 489 g/mol. The van der Waals surface area contributed by atoms with Crippen LogP contribution in [0.5, 0.6) is 0 Å². The van der Waals surface area contributed by atoms with Crippen LogP contribution in [0.25, 0.3) is 5.65 Å². The number of fused-ring (bicyclic) bond motifs is 1. The number of rotatable bonds is 9. The van der Waals surface area contributed by atoms with E-state index in [9.17, 15) is 18.7 Å². The molecule has 14 heteroatoms. The maximum atomic E-state index is 16.0. The van der Waals surface area contributed by atoms with Crippen LogP contribution in [-0.2, 0) is 0 Å². The summed E-state index contributed by atoms with van der Waals surface area (Å²) in [6.45, 7) is -2.02. The minimum atomic E-state index is -2.84. The van der Waals surface area contributed by atoms with E-state index in [4.69, 9.17) is 11.6 Å². The number of carbonyl (C=O) groups excluding carboxylic acids is 1. The van der Waals surface area contributed by atoms with Crippen LogP contribution in [0.3, 0.4) is 0 Å². The van der Waals surface area contributed by atoms with Gasteiger partial charge in [-0.1, -0.05) is 11.6 Å². The van der Waals surface area contributed by atoms with Gasteiger partial charge in [-0.25, -0.2) is 18.6 Å². The molecule has 4 aromatic rings. The Bertz CT molecular complexity index is 1310. The van der Waals surface area contributed by atoms with Crippen LogP contribution in [0.1, 0.15) is 35.4 Å². The largest absolute Gasteiger partial charge is 0.385 e. The number of hydrogen-bond acceptors (Lipinski definition) is 7. The minimum absolute atomic E-state index is 0.154. The fourth-order valence-electron chi connectivity index (χ4n) is 3.39. The lowest BCUT2D eigenvalue weighted by Gasteiger charge is -2.33. The molecule has 0 saturated heterocycles. The van der Waals surface area contributed by atoms with E-state index in [0.717, 1.165) is 12.4 Å². The molecule has 3 atom stereocenters. The van der Waals surface area contributed by atoms with E-state index in [0.29, 0.717) is 9.70 Å². The number of alkyl halides is 3. The summed E-state index contributed by atoms with van der Waals surface area (Å²) in [5.74, 6) is -0.638. The molecule has 1 amide bonds. The molecule has 4 heterocycles. The Labute approximate surface area is 201 Å². The van der Waals surface area contributed by atoms with Gasteiger partial charge in [-0.05, 0) is 19.1 Å². The summed E-state index contributed by atoms with van der Waals surface area (Å²) in [4.78, 5) is 20.9. The molecule has 35 heavy (non-hydrogen) atoms. The first-order valence-corrected chi connectivity index (χ1v) is 10.7. The normalized spacial score (nSPS) is 15.1. The van der Waals surface area contributed by atoms with E-state index in [2.05, 4.69) is 30.8 Å². The average Bonchev–Trinajstić information content (AvgIpc) is 3.48. The Morgan fingerprint density at radius 3 is 2.69 bits per heavy atom. The molecule has 0 fully saturated rings. The fourth-order valence-corrected chi connectivity index (χ4v) is 3.53. The highest BCUT2D eigenvalue weighted by Crippen LogP contribution is 2.31. The van der Waals surface area contributed by atoms with Crippen LogP contribution in [-0.4, -0.2) is 58.7 Å². The van der Waals surface area contributed by atoms with Crippen molar-refractivity contribution < 1.29 is 23.1 Å². The van der Waals surface area contributed by atoms with Gasteiger partial charge in [0.05, 0.1) is 47.1 Å². The van der Waals surface area contributed by atoms with Gasteiger partial charge >= 0.3 is 6.55 Å². The predicted molar refractivity (Wildman–Crippen MR) is 120 cm³/mol. The SMILES string of the molecule is C[C@@](O)(CNc1cnn(C(F)F)c1)[C@H](F)[C@H](NC(=O)c1cccnc1)c1cnn2cc(Cl)cnc12. The first-order chi connectivity index (χ1) is 16.7. The smallest absolute Gasteiger partial charge is 0.333 e. The second kappa shape index (κ2) is 9.88. The van der Waals surface area contributed by atoms with Crippen LogP contribution in [0.4, 0.5) is 18.9 Å². The minimum Gasteiger partial charge on any atom is -0.385 e.